The number of nitrogens with zero attached hydrogens (tertiary/aromatic N) is 2. The third-order valence-electron chi connectivity index (χ3n) is 3.15. The fourth-order valence-corrected chi connectivity index (χ4v) is 2.36. The third-order valence-corrected chi connectivity index (χ3v) is 3.15. The SMILES string of the molecule is CN(C)CC1CC(O)CN1C(=O)Oc1ccccc1. The van der Waals surface area contributed by atoms with Crippen LogP contribution in [-0.2, 0) is 0 Å². The Morgan fingerprint density at radius 3 is 2.74 bits per heavy atom. The fraction of sp³-hybridized carbons (Fsp3) is 0.500. The molecule has 1 aliphatic rings. The second-order valence-corrected chi connectivity index (χ2v) is 5.14. The van der Waals surface area contributed by atoms with E-state index in [1.165, 1.54) is 0 Å². The number of amides is 1. The highest BCUT2D eigenvalue weighted by atomic mass is 16.6. The van der Waals surface area contributed by atoms with E-state index in [9.17, 15) is 9.90 Å². The zero-order valence-corrected chi connectivity index (χ0v) is 11.3. The molecule has 1 heterocycles. The van der Waals surface area contributed by atoms with Crippen LogP contribution in [0.3, 0.4) is 0 Å². The third kappa shape index (κ3) is 3.68. The fourth-order valence-electron chi connectivity index (χ4n) is 2.36. The summed E-state index contributed by atoms with van der Waals surface area (Å²) >= 11 is 0. The average molecular weight is 264 g/mol. The average Bonchev–Trinajstić information content (AvgIpc) is 2.70. The summed E-state index contributed by atoms with van der Waals surface area (Å²) in [5.41, 5.74) is 0. The van der Waals surface area contributed by atoms with E-state index < -0.39 is 12.2 Å². The van der Waals surface area contributed by atoms with Gasteiger partial charge in [0.25, 0.3) is 0 Å². The number of aliphatic hydroxyl groups is 1. The summed E-state index contributed by atoms with van der Waals surface area (Å²) in [6.07, 6.45) is -0.259. The van der Waals surface area contributed by atoms with Gasteiger partial charge in [-0.3, -0.25) is 0 Å². The van der Waals surface area contributed by atoms with Crippen LogP contribution in [0.5, 0.6) is 5.75 Å². The molecule has 0 aliphatic carbocycles. The van der Waals surface area contributed by atoms with Crippen LogP contribution in [0.4, 0.5) is 4.79 Å². The molecule has 0 saturated carbocycles. The summed E-state index contributed by atoms with van der Waals surface area (Å²) in [5.74, 6) is 0.525. The first kappa shape index (κ1) is 13.8. The minimum atomic E-state index is -0.465. The number of carbonyl (C=O) groups is 1. The number of rotatable bonds is 3. The van der Waals surface area contributed by atoms with Gasteiger partial charge in [-0.15, -0.1) is 0 Å². The highest BCUT2D eigenvalue weighted by Gasteiger charge is 2.35. The first-order valence-electron chi connectivity index (χ1n) is 6.42. The molecule has 2 unspecified atom stereocenters. The molecule has 1 aromatic carbocycles. The second-order valence-electron chi connectivity index (χ2n) is 5.14. The van der Waals surface area contributed by atoms with Gasteiger partial charge in [0.2, 0.25) is 0 Å². The molecule has 1 fully saturated rings. The number of para-hydroxylation sites is 1. The lowest BCUT2D eigenvalue weighted by atomic mass is 10.2. The van der Waals surface area contributed by atoms with Crippen molar-refractivity contribution in [1.29, 1.82) is 0 Å². The molecule has 1 amide bonds. The van der Waals surface area contributed by atoms with Gasteiger partial charge in [-0.05, 0) is 32.6 Å². The Kier molecular flexibility index (Phi) is 4.39. The van der Waals surface area contributed by atoms with Crippen molar-refractivity contribution >= 4 is 6.09 Å². The predicted molar refractivity (Wildman–Crippen MR) is 72.1 cm³/mol. The molecule has 1 N–H and O–H groups in total. The number of hydrogen-bond donors (Lipinski definition) is 1. The molecule has 2 atom stereocenters. The van der Waals surface area contributed by atoms with Crippen LogP contribution in [0.1, 0.15) is 6.42 Å². The van der Waals surface area contributed by atoms with Crippen molar-refractivity contribution in [3.05, 3.63) is 30.3 Å². The molecule has 0 aromatic heterocycles. The summed E-state index contributed by atoms with van der Waals surface area (Å²) in [5, 5.41) is 9.73. The van der Waals surface area contributed by atoms with Crippen molar-refractivity contribution in [2.45, 2.75) is 18.6 Å². The first-order valence-corrected chi connectivity index (χ1v) is 6.42. The van der Waals surface area contributed by atoms with Crippen LogP contribution in [-0.4, -0.2) is 60.3 Å². The van der Waals surface area contributed by atoms with E-state index in [1.54, 1.807) is 17.0 Å². The second kappa shape index (κ2) is 6.04. The van der Waals surface area contributed by atoms with E-state index in [1.807, 2.05) is 37.2 Å². The highest BCUT2D eigenvalue weighted by Crippen LogP contribution is 2.20. The maximum Gasteiger partial charge on any atom is 0.415 e. The Bertz CT molecular complexity index is 422. The van der Waals surface area contributed by atoms with Crippen molar-refractivity contribution in [3.8, 4) is 5.75 Å². The summed E-state index contributed by atoms with van der Waals surface area (Å²) in [4.78, 5) is 15.7. The molecular formula is C14H20N2O3. The number of carbonyl (C=O) groups excluding carboxylic acids is 1. The summed E-state index contributed by atoms with van der Waals surface area (Å²) in [6.45, 7) is 1.06. The maximum atomic E-state index is 12.1. The Morgan fingerprint density at radius 2 is 2.11 bits per heavy atom. The minimum absolute atomic E-state index is 0.00112. The number of likely N-dealkylation sites (N-methyl/N-ethyl adjacent to an activating group) is 1. The molecule has 19 heavy (non-hydrogen) atoms. The number of likely N-dealkylation sites (tertiary alicyclic amines) is 1. The van der Waals surface area contributed by atoms with Crippen LogP contribution in [0.25, 0.3) is 0 Å². The molecule has 5 heteroatoms. The quantitative estimate of drug-likeness (QED) is 0.891. The van der Waals surface area contributed by atoms with Crippen molar-refractivity contribution in [1.82, 2.24) is 9.80 Å². The minimum Gasteiger partial charge on any atom is -0.410 e. The first-order chi connectivity index (χ1) is 9.06. The van der Waals surface area contributed by atoms with Gasteiger partial charge in [0.1, 0.15) is 5.75 Å². The lowest BCUT2D eigenvalue weighted by Gasteiger charge is -2.25. The monoisotopic (exact) mass is 264 g/mol. The van der Waals surface area contributed by atoms with E-state index in [2.05, 4.69) is 0 Å². The molecule has 5 nitrogen and oxygen atoms in total. The van der Waals surface area contributed by atoms with Gasteiger partial charge in [-0.1, -0.05) is 18.2 Å². The Labute approximate surface area is 113 Å². The maximum absolute atomic E-state index is 12.1. The normalized spacial score (nSPS) is 22.8. The lowest BCUT2D eigenvalue weighted by Crippen LogP contribution is -2.42. The smallest absolute Gasteiger partial charge is 0.410 e. The number of ether oxygens (including phenoxy) is 1. The van der Waals surface area contributed by atoms with E-state index in [0.29, 0.717) is 18.7 Å². The van der Waals surface area contributed by atoms with Crippen molar-refractivity contribution in [2.75, 3.05) is 27.2 Å². The Morgan fingerprint density at radius 1 is 1.42 bits per heavy atom. The molecule has 0 bridgehead atoms. The molecule has 1 saturated heterocycles. The molecular weight excluding hydrogens is 244 g/mol. The number of β-amino-alcohol motifs (C(OH)–C–C–N with tert-alkyl or cyclic N) is 1. The van der Waals surface area contributed by atoms with Gasteiger partial charge in [0, 0.05) is 6.54 Å². The number of aliphatic hydroxyl groups excluding tert-OH is 1. The molecule has 2 rings (SSSR count). The number of hydrogen-bond acceptors (Lipinski definition) is 4. The standard InChI is InChI=1S/C14H20N2O3/c1-15(2)9-11-8-12(17)10-16(11)14(18)19-13-6-4-3-5-7-13/h3-7,11-12,17H,8-10H2,1-2H3. The van der Waals surface area contributed by atoms with Crippen molar-refractivity contribution in [3.63, 3.8) is 0 Å². The van der Waals surface area contributed by atoms with Gasteiger partial charge in [0.15, 0.2) is 0 Å². The molecule has 1 aliphatic heterocycles. The Balaban J connectivity index is 2.00. The lowest BCUT2D eigenvalue weighted by molar-refractivity contribution is 0.132. The zero-order valence-electron chi connectivity index (χ0n) is 11.3. The van der Waals surface area contributed by atoms with E-state index in [0.717, 1.165) is 6.54 Å². The molecule has 104 valence electrons. The molecule has 1 aromatic rings. The van der Waals surface area contributed by atoms with Crippen LogP contribution in [0.15, 0.2) is 30.3 Å². The van der Waals surface area contributed by atoms with Crippen LogP contribution < -0.4 is 4.74 Å². The van der Waals surface area contributed by atoms with E-state index >= 15 is 0 Å². The molecule has 0 spiro atoms. The van der Waals surface area contributed by atoms with Gasteiger partial charge >= 0.3 is 6.09 Å². The van der Waals surface area contributed by atoms with Crippen LogP contribution >= 0.6 is 0 Å². The van der Waals surface area contributed by atoms with Crippen molar-refractivity contribution < 1.29 is 14.6 Å². The highest BCUT2D eigenvalue weighted by molar-refractivity contribution is 5.71. The van der Waals surface area contributed by atoms with Gasteiger partial charge in [-0.2, -0.15) is 0 Å². The zero-order chi connectivity index (χ0) is 13.8. The van der Waals surface area contributed by atoms with E-state index in [4.69, 9.17) is 4.74 Å². The number of benzene rings is 1. The van der Waals surface area contributed by atoms with Gasteiger partial charge in [-0.25, -0.2) is 4.79 Å². The van der Waals surface area contributed by atoms with Crippen LogP contribution in [0.2, 0.25) is 0 Å². The Hall–Kier alpha value is -1.59. The van der Waals surface area contributed by atoms with E-state index in [-0.39, 0.29) is 6.04 Å². The van der Waals surface area contributed by atoms with Gasteiger partial charge < -0.3 is 19.6 Å². The van der Waals surface area contributed by atoms with Crippen LogP contribution in [0, 0.1) is 0 Å². The predicted octanol–water partition coefficient (Wildman–Crippen LogP) is 1.18. The summed E-state index contributed by atoms with van der Waals surface area (Å²) < 4.78 is 5.32. The summed E-state index contributed by atoms with van der Waals surface area (Å²) in [6, 6.07) is 8.99. The van der Waals surface area contributed by atoms with Crippen molar-refractivity contribution in [2.24, 2.45) is 0 Å². The summed E-state index contributed by atoms with van der Waals surface area (Å²) in [7, 11) is 3.90. The van der Waals surface area contributed by atoms with Gasteiger partial charge in [0.05, 0.1) is 18.7 Å². The molecule has 0 radical (unpaired) electrons. The topological polar surface area (TPSA) is 53.0 Å². The largest absolute Gasteiger partial charge is 0.415 e.